The van der Waals surface area contributed by atoms with E-state index in [9.17, 15) is 18.4 Å². The van der Waals surface area contributed by atoms with Gasteiger partial charge < -0.3 is 5.32 Å². The van der Waals surface area contributed by atoms with Crippen LogP contribution >= 0.6 is 11.6 Å². The van der Waals surface area contributed by atoms with Crippen molar-refractivity contribution in [2.75, 3.05) is 5.32 Å². The molecular formula is C19H13ClF3N3. The molecule has 0 aliphatic carbocycles. The number of nitriles is 1. The lowest BCUT2D eigenvalue weighted by Crippen LogP contribution is -2.07. The lowest BCUT2D eigenvalue weighted by atomic mass is 10.0. The van der Waals surface area contributed by atoms with Crippen LogP contribution in [0.2, 0.25) is 5.02 Å². The molecule has 0 bridgehead atoms. The minimum Gasteiger partial charge on any atom is -0.354 e. The Morgan fingerprint density at radius 2 is 1.81 bits per heavy atom. The number of anilines is 2. The van der Waals surface area contributed by atoms with E-state index in [0.717, 1.165) is 17.2 Å². The van der Waals surface area contributed by atoms with Gasteiger partial charge in [0.05, 0.1) is 27.4 Å². The Kier molecular flexibility index (Phi) is 4.51. The van der Waals surface area contributed by atoms with Gasteiger partial charge in [0.15, 0.2) is 0 Å². The van der Waals surface area contributed by atoms with Crippen molar-refractivity contribution in [3.8, 4) is 6.07 Å². The number of nitrogens with zero attached hydrogens (tertiary/aromatic N) is 2. The highest BCUT2D eigenvalue weighted by atomic mass is 35.5. The number of fused-ring (bicyclic) bond motifs is 1. The van der Waals surface area contributed by atoms with Crippen LogP contribution in [-0.4, -0.2) is 4.98 Å². The fourth-order valence-corrected chi connectivity index (χ4v) is 2.86. The van der Waals surface area contributed by atoms with E-state index >= 15 is 0 Å². The summed E-state index contributed by atoms with van der Waals surface area (Å²) in [6.07, 6.45) is -3.17. The van der Waals surface area contributed by atoms with Crippen LogP contribution in [-0.2, 0) is 6.18 Å². The lowest BCUT2D eigenvalue weighted by molar-refractivity contribution is -0.137. The van der Waals surface area contributed by atoms with Crippen LogP contribution in [0.15, 0.2) is 36.5 Å². The van der Waals surface area contributed by atoms with Crippen LogP contribution in [0.25, 0.3) is 10.9 Å². The molecule has 0 saturated heterocycles. The molecule has 0 aliphatic rings. The summed E-state index contributed by atoms with van der Waals surface area (Å²) < 4.78 is 39.3. The number of pyridine rings is 1. The van der Waals surface area contributed by atoms with E-state index in [1.807, 2.05) is 32.0 Å². The zero-order valence-electron chi connectivity index (χ0n) is 13.9. The third-order valence-corrected chi connectivity index (χ3v) is 4.47. The van der Waals surface area contributed by atoms with Crippen molar-refractivity contribution in [1.29, 1.82) is 5.26 Å². The number of nitrogens with one attached hydrogen (secondary N) is 1. The van der Waals surface area contributed by atoms with Crippen molar-refractivity contribution in [3.05, 3.63) is 63.8 Å². The highest BCUT2D eigenvalue weighted by Crippen LogP contribution is 2.38. The van der Waals surface area contributed by atoms with Crippen molar-refractivity contribution in [1.82, 2.24) is 4.98 Å². The molecule has 7 heteroatoms. The van der Waals surface area contributed by atoms with Crippen LogP contribution in [0.1, 0.15) is 22.3 Å². The number of alkyl halides is 3. The van der Waals surface area contributed by atoms with Gasteiger partial charge >= 0.3 is 6.18 Å². The molecule has 0 saturated carbocycles. The van der Waals surface area contributed by atoms with E-state index in [0.29, 0.717) is 16.6 Å². The summed E-state index contributed by atoms with van der Waals surface area (Å²) in [5, 5.41) is 12.6. The van der Waals surface area contributed by atoms with Crippen molar-refractivity contribution < 1.29 is 13.2 Å². The maximum absolute atomic E-state index is 13.1. The molecule has 26 heavy (non-hydrogen) atoms. The average Bonchev–Trinajstić information content (AvgIpc) is 2.57. The predicted octanol–water partition coefficient (Wildman–Crippen LogP) is 6.14. The topological polar surface area (TPSA) is 48.7 Å². The van der Waals surface area contributed by atoms with Gasteiger partial charge in [-0.3, -0.25) is 4.98 Å². The summed E-state index contributed by atoms with van der Waals surface area (Å²) in [6, 6.07) is 9.30. The molecule has 0 amide bonds. The first-order chi connectivity index (χ1) is 12.2. The second-order valence-corrected chi connectivity index (χ2v) is 6.34. The van der Waals surface area contributed by atoms with Crippen LogP contribution in [0.5, 0.6) is 0 Å². The van der Waals surface area contributed by atoms with Gasteiger partial charge in [-0.1, -0.05) is 11.6 Å². The zero-order valence-corrected chi connectivity index (χ0v) is 14.6. The molecule has 0 radical (unpaired) electrons. The normalized spacial score (nSPS) is 11.4. The lowest BCUT2D eigenvalue weighted by Gasteiger charge is -2.15. The third-order valence-electron chi connectivity index (χ3n) is 4.14. The zero-order chi connectivity index (χ0) is 19.1. The van der Waals surface area contributed by atoms with Gasteiger partial charge in [-0.25, -0.2) is 0 Å². The molecule has 3 aromatic rings. The monoisotopic (exact) mass is 375 g/mol. The maximum atomic E-state index is 13.1. The Labute approximate surface area is 153 Å². The highest BCUT2D eigenvalue weighted by Gasteiger charge is 2.33. The van der Waals surface area contributed by atoms with Gasteiger partial charge in [-0.15, -0.1) is 0 Å². The quantitative estimate of drug-likeness (QED) is 0.585. The van der Waals surface area contributed by atoms with Gasteiger partial charge in [0.1, 0.15) is 6.07 Å². The van der Waals surface area contributed by atoms with Crippen LogP contribution in [0.3, 0.4) is 0 Å². The summed E-state index contributed by atoms with van der Waals surface area (Å²) in [7, 11) is 0. The first-order valence-corrected chi connectivity index (χ1v) is 8.02. The van der Waals surface area contributed by atoms with Crippen molar-refractivity contribution in [2.24, 2.45) is 0 Å². The molecule has 132 valence electrons. The standard InChI is InChI=1S/C19H13ClF3N3/c1-10-5-14-17(6-11(10)2)25-9-12(8-24)18(14)26-13-3-4-16(20)15(7-13)19(21,22)23/h3-7,9H,1-2H3,(H,25,26). The van der Waals surface area contributed by atoms with Crippen molar-refractivity contribution in [3.63, 3.8) is 0 Å². The van der Waals surface area contributed by atoms with Crippen molar-refractivity contribution >= 4 is 33.9 Å². The number of benzene rings is 2. The van der Waals surface area contributed by atoms with E-state index in [1.165, 1.54) is 18.3 Å². The second-order valence-electron chi connectivity index (χ2n) is 5.93. The SMILES string of the molecule is Cc1cc2ncc(C#N)c(Nc3ccc(Cl)c(C(F)(F)F)c3)c2cc1C. The van der Waals surface area contributed by atoms with E-state index in [1.54, 1.807) is 0 Å². The number of aromatic nitrogens is 1. The molecule has 3 rings (SSSR count). The fourth-order valence-electron chi connectivity index (χ4n) is 2.64. The molecular weight excluding hydrogens is 363 g/mol. The number of aryl methyl sites for hydroxylation is 2. The Hall–Kier alpha value is -2.78. The molecule has 1 aromatic heterocycles. The van der Waals surface area contributed by atoms with Gasteiger partial charge in [-0.05, 0) is 55.3 Å². The van der Waals surface area contributed by atoms with E-state index in [2.05, 4.69) is 10.3 Å². The summed E-state index contributed by atoms with van der Waals surface area (Å²) in [4.78, 5) is 4.26. The molecule has 0 fully saturated rings. The molecule has 1 heterocycles. The Bertz CT molecular complexity index is 1050. The van der Waals surface area contributed by atoms with Gasteiger partial charge in [0, 0.05) is 17.3 Å². The molecule has 3 nitrogen and oxygen atoms in total. The fraction of sp³-hybridized carbons (Fsp3) is 0.158. The van der Waals surface area contributed by atoms with E-state index in [-0.39, 0.29) is 16.3 Å². The minimum atomic E-state index is -4.57. The molecule has 0 aliphatic heterocycles. The van der Waals surface area contributed by atoms with Gasteiger partial charge in [0.25, 0.3) is 0 Å². The summed E-state index contributed by atoms with van der Waals surface area (Å²) >= 11 is 5.67. The van der Waals surface area contributed by atoms with Crippen LogP contribution < -0.4 is 5.32 Å². The smallest absolute Gasteiger partial charge is 0.354 e. The molecule has 1 N–H and O–H groups in total. The van der Waals surface area contributed by atoms with E-state index < -0.39 is 11.7 Å². The molecule has 2 aromatic carbocycles. The Morgan fingerprint density at radius 1 is 1.12 bits per heavy atom. The van der Waals surface area contributed by atoms with Gasteiger partial charge in [-0.2, -0.15) is 18.4 Å². The molecule has 0 atom stereocenters. The van der Waals surface area contributed by atoms with Crippen LogP contribution in [0.4, 0.5) is 24.5 Å². The summed E-state index contributed by atoms with van der Waals surface area (Å²) in [5.41, 5.74) is 2.58. The summed E-state index contributed by atoms with van der Waals surface area (Å²) in [6.45, 7) is 3.86. The number of hydrogen-bond acceptors (Lipinski definition) is 3. The Balaban J connectivity index is 2.17. The third kappa shape index (κ3) is 3.31. The number of rotatable bonds is 2. The molecule has 0 spiro atoms. The second kappa shape index (κ2) is 6.50. The van der Waals surface area contributed by atoms with Crippen LogP contribution in [0, 0.1) is 25.2 Å². The first kappa shape index (κ1) is 18.0. The largest absolute Gasteiger partial charge is 0.417 e. The number of halogens is 4. The van der Waals surface area contributed by atoms with E-state index in [4.69, 9.17) is 11.6 Å². The minimum absolute atomic E-state index is 0.184. The average molecular weight is 376 g/mol. The summed E-state index contributed by atoms with van der Waals surface area (Å²) in [5.74, 6) is 0. The first-order valence-electron chi connectivity index (χ1n) is 7.64. The maximum Gasteiger partial charge on any atom is 0.417 e. The molecule has 0 unspecified atom stereocenters. The predicted molar refractivity (Wildman–Crippen MR) is 95.7 cm³/mol. The highest BCUT2D eigenvalue weighted by molar-refractivity contribution is 6.31. The number of hydrogen-bond donors (Lipinski definition) is 1. The van der Waals surface area contributed by atoms with Crippen molar-refractivity contribution in [2.45, 2.75) is 20.0 Å². The Morgan fingerprint density at radius 3 is 2.46 bits per heavy atom. The van der Waals surface area contributed by atoms with Gasteiger partial charge in [0.2, 0.25) is 0 Å².